The molecule has 0 radical (unpaired) electrons. The third-order valence-electron chi connectivity index (χ3n) is 4.67. The lowest BCUT2D eigenvalue weighted by Gasteiger charge is -2.39. The molecule has 3 N–H and O–H groups in total. The lowest BCUT2D eigenvalue weighted by atomic mass is 9.92. The summed E-state index contributed by atoms with van der Waals surface area (Å²) in [7, 11) is 0. The Hall–Kier alpha value is -1.98. The standard InChI is InChI=1S/C17H26N4O2/c1-17(2,3)23-16(22)20-14-11-6-7-12(14)10-21(9-11)13-5-4-8-19-15(13)18/h4-5,8,11-12,14H,6-7,9-10H2,1-3H3,(H2,18,19)(H,20,22)/t11-,12?,14?/m1/s1. The number of hydrogen-bond acceptors (Lipinski definition) is 5. The van der Waals surface area contributed by atoms with Crippen LogP contribution in [0.15, 0.2) is 18.3 Å². The van der Waals surface area contributed by atoms with E-state index in [-0.39, 0.29) is 12.1 Å². The quantitative estimate of drug-likeness (QED) is 0.875. The number of fused-ring (bicyclic) bond motifs is 2. The topological polar surface area (TPSA) is 80.5 Å². The van der Waals surface area contributed by atoms with Gasteiger partial charge < -0.3 is 20.7 Å². The number of piperidine rings is 1. The first-order chi connectivity index (χ1) is 10.8. The number of hydrogen-bond donors (Lipinski definition) is 2. The van der Waals surface area contributed by atoms with Gasteiger partial charge >= 0.3 is 6.09 Å². The van der Waals surface area contributed by atoms with Crippen LogP contribution >= 0.6 is 0 Å². The Morgan fingerprint density at radius 3 is 2.57 bits per heavy atom. The van der Waals surface area contributed by atoms with E-state index >= 15 is 0 Å². The van der Waals surface area contributed by atoms with Crippen molar-refractivity contribution in [2.75, 3.05) is 23.7 Å². The van der Waals surface area contributed by atoms with Crippen LogP contribution in [0.2, 0.25) is 0 Å². The van der Waals surface area contributed by atoms with Crippen molar-refractivity contribution in [3.05, 3.63) is 18.3 Å². The molecule has 1 aromatic rings. The summed E-state index contributed by atoms with van der Waals surface area (Å²) in [6.45, 7) is 7.44. The molecule has 0 spiro atoms. The van der Waals surface area contributed by atoms with E-state index in [9.17, 15) is 4.79 Å². The van der Waals surface area contributed by atoms with E-state index < -0.39 is 5.60 Å². The second-order valence-corrected chi connectivity index (χ2v) is 7.58. The van der Waals surface area contributed by atoms with E-state index in [1.54, 1.807) is 6.20 Å². The molecule has 1 aromatic heterocycles. The fourth-order valence-corrected chi connectivity index (χ4v) is 3.78. The van der Waals surface area contributed by atoms with Crippen LogP contribution in [0.5, 0.6) is 0 Å². The molecule has 3 rings (SSSR count). The summed E-state index contributed by atoms with van der Waals surface area (Å²) in [4.78, 5) is 18.6. The van der Waals surface area contributed by atoms with Gasteiger partial charge in [-0.15, -0.1) is 0 Å². The van der Waals surface area contributed by atoms with E-state index in [0.717, 1.165) is 31.6 Å². The van der Waals surface area contributed by atoms with Gasteiger partial charge in [0.05, 0.1) is 5.69 Å². The van der Waals surface area contributed by atoms with Crippen LogP contribution in [-0.4, -0.2) is 35.8 Å². The molecule has 6 nitrogen and oxygen atoms in total. The van der Waals surface area contributed by atoms with Crippen molar-refractivity contribution in [1.29, 1.82) is 0 Å². The molecule has 126 valence electrons. The number of alkyl carbamates (subject to hydrolysis) is 1. The van der Waals surface area contributed by atoms with Gasteiger partial charge in [0.15, 0.2) is 0 Å². The maximum atomic E-state index is 12.1. The van der Waals surface area contributed by atoms with Gasteiger partial charge in [-0.25, -0.2) is 9.78 Å². The van der Waals surface area contributed by atoms with Crippen LogP contribution in [0.25, 0.3) is 0 Å². The van der Waals surface area contributed by atoms with Crippen LogP contribution in [0, 0.1) is 11.8 Å². The number of anilines is 2. The summed E-state index contributed by atoms with van der Waals surface area (Å²) in [6, 6.07) is 4.13. The van der Waals surface area contributed by atoms with E-state index in [0.29, 0.717) is 17.7 Å². The monoisotopic (exact) mass is 318 g/mol. The highest BCUT2D eigenvalue weighted by molar-refractivity contribution is 5.68. The van der Waals surface area contributed by atoms with Gasteiger partial charge in [0.2, 0.25) is 0 Å². The number of amides is 1. The number of nitrogens with one attached hydrogen (secondary N) is 1. The van der Waals surface area contributed by atoms with Gasteiger partial charge in [0, 0.05) is 25.3 Å². The Morgan fingerprint density at radius 2 is 2.00 bits per heavy atom. The summed E-state index contributed by atoms with van der Waals surface area (Å²) in [5.74, 6) is 1.44. The number of nitrogens with zero attached hydrogens (tertiary/aromatic N) is 2. The molecular formula is C17H26N4O2. The number of nitrogen functional groups attached to an aromatic ring is 1. The zero-order valence-electron chi connectivity index (χ0n) is 14.1. The Bertz CT molecular complexity index is 570. The maximum Gasteiger partial charge on any atom is 0.407 e. The molecule has 0 aromatic carbocycles. The highest BCUT2D eigenvalue weighted by atomic mass is 16.6. The predicted molar refractivity (Wildman–Crippen MR) is 90.2 cm³/mol. The molecule has 2 unspecified atom stereocenters. The Balaban J connectivity index is 1.66. The van der Waals surface area contributed by atoms with Crippen molar-refractivity contribution in [2.45, 2.75) is 45.3 Å². The van der Waals surface area contributed by atoms with Crippen LogP contribution in [0.1, 0.15) is 33.6 Å². The first kappa shape index (κ1) is 15.9. The van der Waals surface area contributed by atoms with Crippen molar-refractivity contribution in [2.24, 2.45) is 11.8 Å². The minimum absolute atomic E-state index is 0.194. The number of ether oxygens (including phenoxy) is 1. The molecule has 2 fully saturated rings. The fraction of sp³-hybridized carbons (Fsp3) is 0.647. The highest BCUT2D eigenvalue weighted by Crippen LogP contribution is 2.39. The number of rotatable bonds is 2. The maximum absolute atomic E-state index is 12.1. The Labute approximate surface area is 137 Å². The fourth-order valence-electron chi connectivity index (χ4n) is 3.78. The van der Waals surface area contributed by atoms with Gasteiger partial charge in [0.1, 0.15) is 11.4 Å². The van der Waals surface area contributed by atoms with Crippen LogP contribution in [0.4, 0.5) is 16.3 Å². The summed E-state index contributed by atoms with van der Waals surface area (Å²) < 4.78 is 5.40. The normalized spacial score (nSPS) is 26.9. The predicted octanol–water partition coefficient (Wildman–Crippen LogP) is 2.40. The van der Waals surface area contributed by atoms with Crippen LogP contribution < -0.4 is 16.0 Å². The average molecular weight is 318 g/mol. The molecule has 1 aliphatic carbocycles. The van der Waals surface area contributed by atoms with E-state index in [2.05, 4.69) is 15.2 Å². The lowest BCUT2D eigenvalue weighted by Crippen LogP contribution is -2.53. The first-order valence-corrected chi connectivity index (χ1v) is 8.28. The molecule has 1 aliphatic heterocycles. The van der Waals surface area contributed by atoms with Crippen molar-refractivity contribution >= 4 is 17.6 Å². The smallest absolute Gasteiger partial charge is 0.407 e. The lowest BCUT2D eigenvalue weighted by molar-refractivity contribution is 0.0472. The zero-order valence-corrected chi connectivity index (χ0v) is 14.1. The minimum Gasteiger partial charge on any atom is -0.444 e. The molecule has 2 aliphatic rings. The molecule has 6 heteroatoms. The molecule has 1 saturated heterocycles. The summed E-state index contributed by atoms with van der Waals surface area (Å²) >= 11 is 0. The second-order valence-electron chi connectivity index (χ2n) is 7.58. The van der Waals surface area contributed by atoms with Crippen LogP contribution in [0.3, 0.4) is 0 Å². The van der Waals surface area contributed by atoms with Gasteiger partial charge in [-0.1, -0.05) is 0 Å². The van der Waals surface area contributed by atoms with Crippen molar-refractivity contribution in [1.82, 2.24) is 10.3 Å². The average Bonchev–Trinajstić information content (AvgIpc) is 2.68. The third-order valence-corrected chi connectivity index (χ3v) is 4.67. The van der Waals surface area contributed by atoms with Gasteiger partial charge in [-0.05, 0) is 57.6 Å². The number of carbonyl (C=O) groups excluding carboxylic acids is 1. The van der Waals surface area contributed by atoms with Gasteiger partial charge in [-0.3, -0.25) is 0 Å². The molecule has 2 bridgehead atoms. The van der Waals surface area contributed by atoms with E-state index in [1.165, 1.54) is 0 Å². The van der Waals surface area contributed by atoms with Crippen LogP contribution in [-0.2, 0) is 4.74 Å². The van der Waals surface area contributed by atoms with Gasteiger partial charge in [-0.2, -0.15) is 0 Å². The minimum atomic E-state index is -0.464. The Morgan fingerprint density at radius 1 is 1.35 bits per heavy atom. The number of carbonyl (C=O) groups is 1. The molecule has 2 heterocycles. The van der Waals surface area contributed by atoms with E-state index in [1.807, 2.05) is 32.9 Å². The number of nitrogens with two attached hydrogens (primary N) is 1. The largest absolute Gasteiger partial charge is 0.444 e. The van der Waals surface area contributed by atoms with Crippen molar-refractivity contribution in [3.63, 3.8) is 0 Å². The highest BCUT2D eigenvalue weighted by Gasteiger charge is 2.43. The molecular weight excluding hydrogens is 292 g/mol. The van der Waals surface area contributed by atoms with E-state index in [4.69, 9.17) is 10.5 Å². The number of pyridine rings is 1. The SMILES string of the molecule is CC(C)(C)OC(=O)NC1C2CC[C@@H]1CN(c1cccnc1N)C2. The van der Waals surface area contributed by atoms with Crippen molar-refractivity contribution in [3.8, 4) is 0 Å². The molecule has 1 saturated carbocycles. The molecule has 1 amide bonds. The second kappa shape index (κ2) is 5.91. The molecule has 3 atom stereocenters. The van der Waals surface area contributed by atoms with Gasteiger partial charge in [0.25, 0.3) is 0 Å². The molecule has 23 heavy (non-hydrogen) atoms. The first-order valence-electron chi connectivity index (χ1n) is 8.28. The Kier molecular flexibility index (Phi) is 4.08. The number of aromatic nitrogens is 1. The summed E-state index contributed by atoms with van der Waals surface area (Å²) in [6.07, 6.45) is 3.65. The summed E-state index contributed by atoms with van der Waals surface area (Å²) in [5, 5.41) is 3.09. The van der Waals surface area contributed by atoms with Crippen molar-refractivity contribution < 1.29 is 9.53 Å². The third kappa shape index (κ3) is 3.51. The summed E-state index contributed by atoms with van der Waals surface area (Å²) in [5.41, 5.74) is 6.54. The zero-order chi connectivity index (χ0) is 16.6.